The Morgan fingerprint density at radius 1 is 1.58 bits per heavy atom. The third kappa shape index (κ3) is 5.18. The van der Waals surface area contributed by atoms with Crippen molar-refractivity contribution in [2.45, 2.75) is 20.3 Å². The fraction of sp³-hybridized carbons (Fsp3) is 0.750. The van der Waals surface area contributed by atoms with Crippen LogP contribution in [0.15, 0.2) is 4.99 Å². The van der Waals surface area contributed by atoms with Gasteiger partial charge in [0.1, 0.15) is 0 Å². The van der Waals surface area contributed by atoms with E-state index in [1.54, 1.807) is 0 Å². The van der Waals surface area contributed by atoms with Crippen LogP contribution < -0.4 is 0 Å². The third-order valence-electron chi connectivity index (χ3n) is 1.48. The van der Waals surface area contributed by atoms with Gasteiger partial charge in [-0.2, -0.15) is 12.6 Å². The first-order valence-electron chi connectivity index (χ1n) is 3.89. The molecular formula is C8H15NO2S. The lowest BCUT2D eigenvalue weighted by molar-refractivity contribution is -0.141. The third-order valence-corrected chi connectivity index (χ3v) is 1.92. The molecule has 1 atom stereocenters. The van der Waals surface area contributed by atoms with E-state index in [1.807, 2.05) is 13.8 Å². The van der Waals surface area contributed by atoms with Crippen molar-refractivity contribution in [3.63, 3.8) is 0 Å². The van der Waals surface area contributed by atoms with Crippen molar-refractivity contribution in [1.82, 2.24) is 0 Å². The minimum Gasteiger partial charge on any atom is -0.481 e. The lowest BCUT2D eigenvalue weighted by Crippen LogP contribution is -2.16. The summed E-state index contributed by atoms with van der Waals surface area (Å²) in [6, 6.07) is 0. The number of carbonyl (C=O) groups is 1. The molecule has 12 heavy (non-hydrogen) atoms. The van der Waals surface area contributed by atoms with Crippen molar-refractivity contribution in [1.29, 1.82) is 0 Å². The van der Waals surface area contributed by atoms with Crippen LogP contribution in [-0.4, -0.2) is 29.1 Å². The zero-order chi connectivity index (χ0) is 9.56. The van der Waals surface area contributed by atoms with E-state index in [0.717, 1.165) is 5.71 Å². The van der Waals surface area contributed by atoms with Gasteiger partial charge in [-0.3, -0.25) is 9.79 Å². The maximum Gasteiger partial charge on any atom is 0.307 e. The second kappa shape index (κ2) is 6.06. The summed E-state index contributed by atoms with van der Waals surface area (Å²) in [5, 5.41) is 8.64. The molecule has 0 aromatic heterocycles. The lowest BCUT2D eigenvalue weighted by Gasteiger charge is -2.06. The summed E-state index contributed by atoms with van der Waals surface area (Å²) >= 11 is 3.95. The second-order valence-corrected chi connectivity index (χ2v) is 3.20. The van der Waals surface area contributed by atoms with Crippen LogP contribution in [0.3, 0.4) is 0 Å². The molecule has 0 aromatic rings. The van der Waals surface area contributed by atoms with Gasteiger partial charge in [0.05, 0.1) is 5.92 Å². The largest absolute Gasteiger partial charge is 0.481 e. The van der Waals surface area contributed by atoms with Gasteiger partial charge in [-0.15, -0.1) is 0 Å². The van der Waals surface area contributed by atoms with Gasteiger partial charge in [-0.25, -0.2) is 0 Å². The maximum absolute atomic E-state index is 10.5. The molecule has 0 spiro atoms. The first-order valence-corrected chi connectivity index (χ1v) is 4.52. The summed E-state index contributed by atoms with van der Waals surface area (Å²) in [6.45, 7) is 4.38. The SMILES string of the molecule is CC(C)=NCCC(CS)C(=O)O. The highest BCUT2D eigenvalue weighted by Gasteiger charge is 2.13. The van der Waals surface area contributed by atoms with E-state index in [-0.39, 0.29) is 5.92 Å². The quantitative estimate of drug-likeness (QED) is 0.508. The van der Waals surface area contributed by atoms with Crippen LogP contribution in [0.1, 0.15) is 20.3 Å². The first-order chi connectivity index (χ1) is 5.57. The van der Waals surface area contributed by atoms with E-state index in [2.05, 4.69) is 17.6 Å². The summed E-state index contributed by atoms with van der Waals surface area (Å²) in [5.41, 5.74) is 0.985. The fourth-order valence-electron chi connectivity index (χ4n) is 0.737. The van der Waals surface area contributed by atoms with Crippen LogP contribution in [0.25, 0.3) is 0 Å². The van der Waals surface area contributed by atoms with Gasteiger partial charge in [-0.05, 0) is 20.3 Å². The molecule has 1 N–H and O–H groups in total. The van der Waals surface area contributed by atoms with Crippen molar-refractivity contribution in [2.75, 3.05) is 12.3 Å². The Balaban J connectivity index is 3.74. The number of rotatable bonds is 5. The number of thiol groups is 1. The van der Waals surface area contributed by atoms with Gasteiger partial charge in [-0.1, -0.05) is 0 Å². The predicted molar refractivity (Wildman–Crippen MR) is 53.2 cm³/mol. The van der Waals surface area contributed by atoms with Crippen LogP contribution in [0.2, 0.25) is 0 Å². The Morgan fingerprint density at radius 3 is 2.50 bits per heavy atom. The van der Waals surface area contributed by atoms with Crippen molar-refractivity contribution >= 4 is 24.3 Å². The Kier molecular flexibility index (Phi) is 5.80. The molecule has 0 heterocycles. The minimum absolute atomic E-state index is 0.364. The molecule has 0 rings (SSSR count). The highest BCUT2D eigenvalue weighted by molar-refractivity contribution is 7.80. The van der Waals surface area contributed by atoms with Crippen LogP contribution >= 0.6 is 12.6 Å². The van der Waals surface area contributed by atoms with Gasteiger partial charge < -0.3 is 5.11 Å². The average Bonchev–Trinajstić information content (AvgIpc) is 1.96. The molecule has 0 aliphatic carbocycles. The molecule has 0 bridgehead atoms. The van der Waals surface area contributed by atoms with E-state index in [4.69, 9.17) is 5.11 Å². The zero-order valence-corrected chi connectivity index (χ0v) is 8.34. The number of carboxylic acid groups (broad SMARTS) is 1. The predicted octanol–water partition coefficient (Wildman–Crippen LogP) is 1.49. The summed E-state index contributed by atoms with van der Waals surface area (Å²) in [4.78, 5) is 14.6. The van der Waals surface area contributed by atoms with Crippen molar-refractivity contribution in [2.24, 2.45) is 10.9 Å². The Morgan fingerprint density at radius 2 is 2.17 bits per heavy atom. The molecular weight excluding hydrogens is 174 g/mol. The molecule has 0 fully saturated rings. The minimum atomic E-state index is -0.783. The van der Waals surface area contributed by atoms with E-state index in [9.17, 15) is 4.79 Å². The molecule has 0 aliphatic heterocycles. The molecule has 0 radical (unpaired) electrons. The fourth-order valence-corrected chi connectivity index (χ4v) is 1.08. The number of hydrogen-bond donors (Lipinski definition) is 2. The Labute approximate surface area is 78.3 Å². The molecule has 4 heteroatoms. The maximum atomic E-state index is 10.5. The number of carboxylic acids is 1. The zero-order valence-electron chi connectivity index (χ0n) is 7.45. The smallest absolute Gasteiger partial charge is 0.307 e. The number of nitrogens with zero attached hydrogens (tertiary/aromatic N) is 1. The first kappa shape index (κ1) is 11.5. The average molecular weight is 189 g/mol. The number of aliphatic carboxylic acids is 1. The molecule has 0 saturated carbocycles. The van der Waals surface area contributed by atoms with Crippen molar-refractivity contribution in [3.05, 3.63) is 0 Å². The summed E-state index contributed by atoms with van der Waals surface area (Å²) in [7, 11) is 0. The summed E-state index contributed by atoms with van der Waals surface area (Å²) in [5.74, 6) is -0.765. The standard InChI is InChI=1S/C8H15NO2S/c1-6(2)9-4-3-7(5-12)8(10)11/h7,12H,3-5H2,1-2H3,(H,10,11). The lowest BCUT2D eigenvalue weighted by atomic mass is 10.1. The van der Waals surface area contributed by atoms with Crippen LogP contribution in [-0.2, 0) is 4.79 Å². The van der Waals surface area contributed by atoms with Gasteiger partial charge in [0, 0.05) is 18.0 Å². The topological polar surface area (TPSA) is 49.7 Å². The molecule has 3 nitrogen and oxygen atoms in total. The van der Waals surface area contributed by atoms with Crippen LogP contribution in [0.4, 0.5) is 0 Å². The Hall–Kier alpha value is -0.510. The second-order valence-electron chi connectivity index (χ2n) is 2.84. The normalized spacial score (nSPS) is 12.2. The van der Waals surface area contributed by atoms with Crippen molar-refractivity contribution < 1.29 is 9.90 Å². The van der Waals surface area contributed by atoms with E-state index in [0.29, 0.717) is 18.7 Å². The molecule has 0 aromatic carbocycles. The summed E-state index contributed by atoms with van der Waals surface area (Å²) in [6.07, 6.45) is 0.573. The molecule has 0 aliphatic rings. The van der Waals surface area contributed by atoms with E-state index >= 15 is 0 Å². The van der Waals surface area contributed by atoms with Gasteiger partial charge in [0.15, 0.2) is 0 Å². The van der Waals surface area contributed by atoms with Gasteiger partial charge in [0.25, 0.3) is 0 Å². The van der Waals surface area contributed by atoms with E-state index < -0.39 is 5.97 Å². The monoisotopic (exact) mass is 189 g/mol. The molecule has 70 valence electrons. The summed E-state index contributed by atoms with van der Waals surface area (Å²) < 4.78 is 0. The highest BCUT2D eigenvalue weighted by Crippen LogP contribution is 2.05. The van der Waals surface area contributed by atoms with Crippen LogP contribution in [0.5, 0.6) is 0 Å². The number of hydrogen-bond acceptors (Lipinski definition) is 3. The van der Waals surface area contributed by atoms with Gasteiger partial charge in [0.2, 0.25) is 0 Å². The van der Waals surface area contributed by atoms with Crippen LogP contribution in [0, 0.1) is 5.92 Å². The highest BCUT2D eigenvalue weighted by atomic mass is 32.1. The van der Waals surface area contributed by atoms with Gasteiger partial charge >= 0.3 is 5.97 Å². The van der Waals surface area contributed by atoms with E-state index in [1.165, 1.54) is 0 Å². The molecule has 0 amide bonds. The van der Waals surface area contributed by atoms with Crippen molar-refractivity contribution in [3.8, 4) is 0 Å². The Bertz CT molecular complexity index is 176. The molecule has 0 saturated heterocycles. The number of aliphatic imine (C=N–C) groups is 1. The molecule has 1 unspecified atom stereocenters.